The second-order valence-corrected chi connectivity index (χ2v) is 6.71. The number of para-hydroxylation sites is 1. The molecule has 1 aliphatic heterocycles. The molecule has 0 aliphatic carbocycles. The van der Waals surface area contributed by atoms with Gasteiger partial charge in [-0.2, -0.15) is 0 Å². The first-order chi connectivity index (χ1) is 12.8. The summed E-state index contributed by atoms with van der Waals surface area (Å²) in [4.78, 5) is 14.4. The lowest BCUT2D eigenvalue weighted by atomic mass is 10.2. The molecular formula is C22H28N2O2. The summed E-state index contributed by atoms with van der Waals surface area (Å²) in [5.41, 5.74) is 3.23. The van der Waals surface area contributed by atoms with E-state index < -0.39 is 0 Å². The molecule has 0 spiro atoms. The van der Waals surface area contributed by atoms with Crippen LogP contribution in [0.15, 0.2) is 48.5 Å². The Bertz CT molecular complexity index is 712. The Labute approximate surface area is 156 Å². The minimum Gasteiger partial charge on any atom is -0.494 e. The maximum atomic E-state index is 12.5. The lowest BCUT2D eigenvalue weighted by Gasteiger charge is -2.18. The normalized spacial score (nSPS) is 12.7. The average molecular weight is 352 g/mol. The predicted octanol–water partition coefficient (Wildman–Crippen LogP) is 4.65. The fourth-order valence-corrected chi connectivity index (χ4v) is 3.26. The number of hydrogen-bond acceptors (Lipinski definition) is 3. The standard InChI is InChI=1S/C22H28N2O2/c1-2-3-4-7-16-26-20-12-10-19(11-13-20)23-17-22(25)24-15-14-18-8-5-6-9-21(18)24/h5-6,8-13,23H,2-4,7,14-17H2,1H3. The number of nitrogens with zero attached hydrogens (tertiary/aromatic N) is 1. The van der Waals surface area contributed by atoms with Crippen LogP contribution in [0.1, 0.15) is 38.2 Å². The van der Waals surface area contributed by atoms with Crippen molar-refractivity contribution in [1.82, 2.24) is 0 Å². The van der Waals surface area contributed by atoms with Crippen LogP contribution in [0.2, 0.25) is 0 Å². The van der Waals surface area contributed by atoms with Crippen molar-refractivity contribution in [3.8, 4) is 5.75 Å². The lowest BCUT2D eigenvalue weighted by molar-refractivity contribution is -0.116. The summed E-state index contributed by atoms with van der Waals surface area (Å²) in [6.07, 6.45) is 5.76. The zero-order valence-corrected chi connectivity index (χ0v) is 15.5. The van der Waals surface area contributed by atoms with Crippen molar-refractivity contribution in [3.63, 3.8) is 0 Å². The first-order valence-corrected chi connectivity index (χ1v) is 9.63. The van der Waals surface area contributed by atoms with Gasteiger partial charge in [-0.25, -0.2) is 0 Å². The molecular weight excluding hydrogens is 324 g/mol. The molecule has 4 nitrogen and oxygen atoms in total. The van der Waals surface area contributed by atoms with E-state index in [9.17, 15) is 4.79 Å². The Kier molecular flexibility index (Phi) is 6.53. The van der Waals surface area contributed by atoms with Crippen LogP contribution < -0.4 is 15.0 Å². The van der Waals surface area contributed by atoms with E-state index in [0.29, 0.717) is 6.54 Å². The highest BCUT2D eigenvalue weighted by Crippen LogP contribution is 2.27. The molecule has 0 unspecified atom stereocenters. The molecule has 0 aromatic heterocycles. The van der Waals surface area contributed by atoms with Crippen LogP contribution in [-0.2, 0) is 11.2 Å². The van der Waals surface area contributed by atoms with Crippen molar-refractivity contribution in [1.29, 1.82) is 0 Å². The van der Waals surface area contributed by atoms with Gasteiger partial charge in [-0.15, -0.1) is 0 Å². The number of amides is 1. The third-order valence-electron chi connectivity index (χ3n) is 4.75. The number of rotatable bonds is 9. The van der Waals surface area contributed by atoms with E-state index in [2.05, 4.69) is 18.3 Å². The van der Waals surface area contributed by atoms with Gasteiger partial charge < -0.3 is 15.0 Å². The second kappa shape index (κ2) is 9.27. The summed E-state index contributed by atoms with van der Waals surface area (Å²) in [6.45, 7) is 4.04. The number of fused-ring (bicyclic) bond motifs is 1. The van der Waals surface area contributed by atoms with Crippen molar-refractivity contribution in [3.05, 3.63) is 54.1 Å². The van der Waals surface area contributed by atoms with Gasteiger partial charge in [0, 0.05) is 17.9 Å². The van der Waals surface area contributed by atoms with Gasteiger partial charge in [0.1, 0.15) is 5.75 Å². The van der Waals surface area contributed by atoms with Crippen LogP contribution in [0, 0.1) is 0 Å². The number of ether oxygens (including phenoxy) is 1. The van der Waals surface area contributed by atoms with Crippen LogP contribution in [-0.4, -0.2) is 25.6 Å². The molecule has 0 atom stereocenters. The first-order valence-electron chi connectivity index (χ1n) is 9.63. The zero-order valence-electron chi connectivity index (χ0n) is 15.5. The van der Waals surface area contributed by atoms with E-state index in [1.54, 1.807) is 0 Å². The molecule has 26 heavy (non-hydrogen) atoms. The number of unbranched alkanes of at least 4 members (excludes halogenated alkanes) is 3. The molecule has 0 saturated carbocycles. The molecule has 4 heteroatoms. The topological polar surface area (TPSA) is 41.6 Å². The van der Waals surface area contributed by atoms with E-state index >= 15 is 0 Å². The van der Waals surface area contributed by atoms with E-state index in [1.807, 2.05) is 47.4 Å². The Hall–Kier alpha value is -2.49. The van der Waals surface area contributed by atoms with Gasteiger partial charge in [0.2, 0.25) is 5.91 Å². The molecule has 0 saturated heterocycles. The van der Waals surface area contributed by atoms with Gasteiger partial charge in [0.25, 0.3) is 0 Å². The number of nitrogens with one attached hydrogen (secondary N) is 1. The molecule has 2 aromatic rings. The molecule has 3 rings (SSSR count). The minimum absolute atomic E-state index is 0.103. The molecule has 138 valence electrons. The number of carbonyl (C=O) groups is 1. The quantitative estimate of drug-likeness (QED) is 0.668. The van der Waals surface area contributed by atoms with E-state index in [1.165, 1.54) is 24.8 Å². The van der Waals surface area contributed by atoms with Crippen LogP contribution in [0.5, 0.6) is 5.75 Å². The summed E-state index contributed by atoms with van der Waals surface area (Å²) in [5, 5.41) is 3.22. The largest absolute Gasteiger partial charge is 0.494 e. The summed E-state index contributed by atoms with van der Waals surface area (Å²) in [5.74, 6) is 0.984. The van der Waals surface area contributed by atoms with Gasteiger partial charge in [0.05, 0.1) is 13.2 Å². The van der Waals surface area contributed by atoms with E-state index in [4.69, 9.17) is 4.74 Å². The van der Waals surface area contributed by atoms with Crippen molar-refractivity contribution >= 4 is 17.3 Å². The second-order valence-electron chi connectivity index (χ2n) is 6.71. The summed E-state index contributed by atoms with van der Waals surface area (Å²) >= 11 is 0. The smallest absolute Gasteiger partial charge is 0.246 e. The lowest BCUT2D eigenvalue weighted by Crippen LogP contribution is -2.34. The predicted molar refractivity (Wildman–Crippen MR) is 107 cm³/mol. The van der Waals surface area contributed by atoms with E-state index in [-0.39, 0.29) is 5.91 Å². The Morgan fingerprint density at radius 3 is 2.69 bits per heavy atom. The number of carbonyl (C=O) groups excluding carboxylic acids is 1. The molecule has 0 fully saturated rings. The SMILES string of the molecule is CCCCCCOc1ccc(NCC(=O)N2CCc3ccccc32)cc1. The van der Waals surface area contributed by atoms with Crippen LogP contribution in [0.3, 0.4) is 0 Å². The summed E-state index contributed by atoms with van der Waals surface area (Å²) in [6, 6.07) is 16.0. The number of hydrogen-bond donors (Lipinski definition) is 1. The highest BCUT2D eigenvalue weighted by molar-refractivity contribution is 5.98. The molecule has 1 heterocycles. The fraction of sp³-hybridized carbons (Fsp3) is 0.409. The molecule has 1 aliphatic rings. The number of anilines is 2. The highest BCUT2D eigenvalue weighted by Gasteiger charge is 2.23. The number of benzene rings is 2. The van der Waals surface area contributed by atoms with Gasteiger partial charge in [0.15, 0.2) is 0 Å². The van der Waals surface area contributed by atoms with Crippen molar-refractivity contribution in [2.45, 2.75) is 39.0 Å². The van der Waals surface area contributed by atoms with Gasteiger partial charge in [-0.1, -0.05) is 44.4 Å². The maximum Gasteiger partial charge on any atom is 0.246 e. The minimum atomic E-state index is 0.103. The molecule has 0 bridgehead atoms. The average Bonchev–Trinajstić information content (AvgIpc) is 3.11. The third kappa shape index (κ3) is 4.78. The molecule has 0 radical (unpaired) electrons. The van der Waals surface area contributed by atoms with Crippen molar-refractivity contribution in [2.24, 2.45) is 0 Å². The molecule has 2 aromatic carbocycles. The first kappa shape index (κ1) is 18.3. The fourth-order valence-electron chi connectivity index (χ4n) is 3.26. The summed E-state index contributed by atoms with van der Waals surface area (Å²) < 4.78 is 5.75. The van der Waals surface area contributed by atoms with E-state index in [0.717, 1.165) is 43.1 Å². The van der Waals surface area contributed by atoms with Gasteiger partial charge in [-0.05, 0) is 48.7 Å². The van der Waals surface area contributed by atoms with Crippen molar-refractivity contribution in [2.75, 3.05) is 29.9 Å². The monoisotopic (exact) mass is 352 g/mol. The zero-order chi connectivity index (χ0) is 18.2. The van der Waals surface area contributed by atoms with Crippen molar-refractivity contribution < 1.29 is 9.53 Å². The van der Waals surface area contributed by atoms with Gasteiger partial charge >= 0.3 is 0 Å². The van der Waals surface area contributed by atoms with Crippen LogP contribution in [0.25, 0.3) is 0 Å². The van der Waals surface area contributed by atoms with Gasteiger partial charge in [-0.3, -0.25) is 4.79 Å². The molecule has 1 N–H and O–H groups in total. The maximum absolute atomic E-state index is 12.5. The Morgan fingerprint density at radius 2 is 1.88 bits per heavy atom. The van der Waals surface area contributed by atoms with Crippen LogP contribution >= 0.6 is 0 Å². The third-order valence-corrected chi connectivity index (χ3v) is 4.75. The van der Waals surface area contributed by atoms with Crippen LogP contribution in [0.4, 0.5) is 11.4 Å². The molecule has 1 amide bonds. The Balaban J connectivity index is 1.44. The highest BCUT2D eigenvalue weighted by atomic mass is 16.5. The Morgan fingerprint density at radius 1 is 1.08 bits per heavy atom. The summed E-state index contributed by atoms with van der Waals surface area (Å²) in [7, 11) is 0.